The summed E-state index contributed by atoms with van der Waals surface area (Å²) in [5, 5.41) is 3.15. The molecule has 1 saturated heterocycles. The van der Waals surface area contributed by atoms with E-state index in [-0.39, 0.29) is 17.9 Å². The van der Waals surface area contributed by atoms with Crippen LogP contribution in [0.15, 0.2) is 35.2 Å². The van der Waals surface area contributed by atoms with Gasteiger partial charge in [0.2, 0.25) is 11.8 Å². The van der Waals surface area contributed by atoms with Crippen molar-refractivity contribution in [3.8, 4) is 0 Å². The number of carbonyl (C=O) groups is 2. The number of nitrogens with zero attached hydrogens (tertiary/aromatic N) is 1. The summed E-state index contributed by atoms with van der Waals surface area (Å²) in [4.78, 5) is 28.0. The summed E-state index contributed by atoms with van der Waals surface area (Å²) in [6.07, 6.45) is 8.12. The van der Waals surface area contributed by atoms with Gasteiger partial charge in [-0.05, 0) is 37.8 Å². The molecule has 1 aromatic rings. The molecule has 5 heteroatoms. The van der Waals surface area contributed by atoms with E-state index >= 15 is 0 Å². The summed E-state index contributed by atoms with van der Waals surface area (Å²) in [5.41, 5.74) is 0. The van der Waals surface area contributed by atoms with Crippen LogP contribution in [0.5, 0.6) is 0 Å². The molecule has 0 aromatic heterocycles. The van der Waals surface area contributed by atoms with Crippen molar-refractivity contribution in [1.82, 2.24) is 10.2 Å². The van der Waals surface area contributed by atoms with E-state index in [1.165, 1.54) is 24.2 Å². The third-order valence-corrected chi connectivity index (χ3v) is 6.48. The van der Waals surface area contributed by atoms with Crippen LogP contribution >= 0.6 is 11.8 Å². The van der Waals surface area contributed by atoms with E-state index in [0.717, 1.165) is 44.5 Å². The van der Waals surface area contributed by atoms with Crippen molar-refractivity contribution in [2.75, 3.05) is 18.8 Å². The second-order valence-electron chi connectivity index (χ2n) is 7.41. The lowest BCUT2D eigenvalue weighted by atomic mass is 9.87. The molecule has 0 radical (unpaired) electrons. The zero-order valence-corrected chi connectivity index (χ0v) is 16.3. The molecule has 26 heavy (non-hydrogen) atoms. The lowest BCUT2D eigenvalue weighted by Crippen LogP contribution is -2.48. The van der Waals surface area contributed by atoms with Gasteiger partial charge in [-0.25, -0.2) is 0 Å². The van der Waals surface area contributed by atoms with Gasteiger partial charge in [-0.1, -0.05) is 37.5 Å². The van der Waals surface area contributed by atoms with Crippen LogP contribution in [-0.4, -0.2) is 41.6 Å². The third-order valence-electron chi connectivity index (χ3n) is 5.47. The second-order valence-corrected chi connectivity index (χ2v) is 8.58. The van der Waals surface area contributed by atoms with Gasteiger partial charge in [-0.15, -0.1) is 11.8 Å². The van der Waals surface area contributed by atoms with E-state index in [4.69, 9.17) is 0 Å². The first-order valence-corrected chi connectivity index (χ1v) is 11.0. The van der Waals surface area contributed by atoms with Crippen molar-refractivity contribution >= 4 is 23.6 Å². The van der Waals surface area contributed by atoms with E-state index in [2.05, 4.69) is 17.4 Å². The molecular weight excluding hydrogens is 344 g/mol. The Morgan fingerprint density at radius 2 is 1.69 bits per heavy atom. The zero-order chi connectivity index (χ0) is 18.2. The van der Waals surface area contributed by atoms with Crippen LogP contribution in [-0.2, 0) is 9.59 Å². The number of rotatable bonds is 6. The first kappa shape index (κ1) is 19.3. The molecule has 2 aliphatic rings. The average Bonchev–Trinajstić information content (AvgIpc) is 2.69. The first-order chi connectivity index (χ1) is 12.7. The number of likely N-dealkylation sites (tertiary alicyclic amines) is 1. The van der Waals surface area contributed by atoms with Crippen molar-refractivity contribution in [3.63, 3.8) is 0 Å². The topological polar surface area (TPSA) is 49.4 Å². The minimum Gasteiger partial charge on any atom is -0.353 e. The summed E-state index contributed by atoms with van der Waals surface area (Å²) in [7, 11) is 0. The van der Waals surface area contributed by atoms with Gasteiger partial charge in [0.15, 0.2) is 0 Å². The molecule has 1 saturated carbocycles. The molecule has 142 valence electrons. The fraction of sp³-hybridized carbons (Fsp3) is 0.619. The standard InChI is InChI=1S/C21H30N2O2S/c24-20(13-16-26-19-9-5-2-6-10-19)22-18-11-14-23(15-12-18)21(25)17-7-3-1-4-8-17/h2,5-6,9-10,17-18H,1,3-4,7-8,11-16H2,(H,22,24). The molecule has 1 heterocycles. The third kappa shape index (κ3) is 5.76. The Bertz CT molecular complexity index is 579. The van der Waals surface area contributed by atoms with Crippen LogP contribution in [0.2, 0.25) is 0 Å². The van der Waals surface area contributed by atoms with Crippen LogP contribution in [0.25, 0.3) is 0 Å². The van der Waals surface area contributed by atoms with Gasteiger partial charge in [0.25, 0.3) is 0 Å². The Kier molecular flexibility index (Phi) is 7.42. The van der Waals surface area contributed by atoms with Gasteiger partial charge in [-0.3, -0.25) is 9.59 Å². The Morgan fingerprint density at radius 3 is 2.38 bits per heavy atom. The lowest BCUT2D eigenvalue weighted by Gasteiger charge is -2.35. The molecule has 0 bridgehead atoms. The van der Waals surface area contributed by atoms with E-state index in [1.807, 2.05) is 23.1 Å². The highest BCUT2D eigenvalue weighted by Crippen LogP contribution is 2.26. The fourth-order valence-corrected chi connectivity index (χ4v) is 4.80. The fourth-order valence-electron chi connectivity index (χ4n) is 3.93. The van der Waals surface area contributed by atoms with Crippen molar-refractivity contribution < 1.29 is 9.59 Å². The van der Waals surface area contributed by atoms with E-state index < -0.39 is 0 Å². The molecule has 1 aliphatic heterocycles. The average molecular weight is 375 g/mol. The smallest absolute Gasteiger partial charge is 0.225 e. The molecule has 1 N–H and O–H groups in total. The Hall–Kier alpha value is -1.49. The molecule has 1 aromatic carbocycles. The quantitative estimate of drug-likeness (QED) is 0.769. The maximum absolute atomic E-state index is 12.6. The number of thioether (sulfide) groups is 1. The number of piperidine rings is 1. The number of carbonyl (C=O) groups excluding carboxylic acids is 2. The molecule has 4 nitrogen and oxygen atoms in total. The number of amides is 2. The Morgan fingerprint density at radius 1 is 1.00 bits per heavy atom. The second kappa shape index (κ2) is 10.0. The maximum Gasteiger partial charge on any atom is 0.225 e. The minimum absolute atomic E-state index is 0.130. The van der Waals surface area contributed by atoms with E-state index in [0.29, 0.717) is 12.3 Å². The molecule has 2 fully saturated rings. The van der Waals surface area contributed by atoms with E-state index in [9.17, 15) is 9.59 Å². The zero-order valence-electron chi connectivity index (χ0n) is 15.5. The molecule has 1 aliphatic carbocycles. The monoisotopic (exact) mass is 374 g/mol. The summed E-state index contributed by atoms with van der Waals surface area (Å²) in [5.74, 6) is 1.54. The van der Waals surface area contributed by atoms with Crippen LogP contribution in [0.4, 0.5) is 0 Å². The predicted molar refractivity (Wildman–Crippen MR) is 106 cm³/mol. The summed E-state index contributed by atoms with van der Waals surface area (Å²) in [6.45, 7) is 1.58. The summed E-state index contributed by atoms with van der Waals surface area (Å²) < 4.78 is 0. The number of nitrogens with one attached hydrogen (secondary N) is 1. The number of benzene rings is 1. The summed E-state index contributed by atoms with van der Waals surface area (Å²) >= 11 is 1.72. The largest absolute Gasteiger partial charge is 0.353 e. The highest BCUT2D eigenvalue weighted by molar-refractivity contribution is 7.99. The Balaban J connectivity index is 1.33. The summed E-state index contributed by atoms with van der Waals surface area (Å²) in [6, 6.07) is 10.4. The van der Waals surface area contributed by atoms with Crippen LogP contribution in [0.1, 0.15) is 51.4 Å². The predicted octanol–water partition coefficient (Wildman–Crippen LogP) is 3.86. The Labute approximate surface area is 161 Å². The van der Waals surface area contributed by atoms with Crippen LogP contribution < -0.4 is 5.32 Å². The minimum atomic E-state index is 0.130. The molecule has 0 unspecified atom stereocenters. The van der Waals surface area contributed by atoms with Gasteiger partial charge < -0.3 is 10.2 Å². The van der Waals surface area contributed by atoms with Crippen molar-refractivity contribution in [1.29, 1.82) is 0 Å². The molecule has 2 amide bonds. The number of hydrogen-bond acceptors (Lipinski definition) is 3. The van der Waals surface area contributed by atoms with Gasteiger partial charge in [0.05, 0.1) is 0 Å². The van der Waals surface area contributed by atoms with Crippen molar-refractivity contribution in [2.45, 2.75) is 62.3 Å². The maximum atomic E-state index is 12.6. The van der Waals surface area contributed by atoms with Gasteiger partial charge in [0, 0.05) is 42.1 Å². The highest BCUT2D eigenvalue weighted by atomic mass is 32.2. The van der Waals surface area contributed by atoms with Gasteiger partial charge >= 0.3 is 0 Å². The molecule has 0 spiro atoms. The highest BCUT2D eigenvalue weighted by Gasteiger charge is 2.29. The molecular formula is C21H30N2O2S. The van der Waals surface area contributed by atoms with Crippen molar-refractivity contribution in [2.24, 2.45) is 5.92 Å². The normalized spacial score (nSPS) is 19.3. The number of hydrogen-bond donors (Lipinski definition) is 1. The lowest BCUT2D eigenvalue weighted by molar-refractivity contribution is -0.137. The van der Waals surface area contributed by atoms with Crippen molar-refractivity contribution in [3.05, 3.63) is 30.3 Å². The molecule has 0 atom stereocenters. The van der Waals surface area contributed by atoms with Crippen LogP contribution in [0.3, 0.4) is 0 Å². The first-order valence-electron chi connectivity index (χ1n) is 9.98. The SMILES string of the molecule is O=C(CCSc1ccccc1)NC1CCN(C(=O)C2CCCCC2)CC1. The van der Waals surface area contributed by atoms with Crippen LogP contribution in [0, 0.1) is 5.92 Å². The van der Waals surface area contributed by atoms with Gasteiger partial charge in [0.1, 0.15) is 0 Å². The molecule has 3 rings (SSSR count). The van der Waals surface area contributed by atoms with E-state index in [1.54, 1.807) is 11.8 Å². The van der Waals surface area contributed by atoms with Gasteiger partial charge in [-0.2, -0.15) is 0 Å².